The van der Waals surface area contributed by atoms with Crippen molar-refractivity contribution in [1.29, 1.82) is 0 Å². The van der Waals surface area contributed by atoms with Crippen molar-refractivity contribution in [2.45, 2.75) is 25.9 Å². The monoisotopic (exact) mass is 252 g/mol. The second-order valence-corrected chi connectivity index (χ2v) is 4.57. The first-order chi connectivity index (χ1) is 8.78. The number of ether oxygens (including phenoxy) is 3. The molecule has 0 radical (unpaired) electrons. The van der Waals surface area contributed by atoms with Gasteiger partial charge in [-0.25, -0.2) is 0 Å². The van der Waals surface area contributed by atoms with E-state index in [0.717, 1.165) is 17.9 Å². The Hall–Kier alpha value is -1.42. The van der Waals surface area contributed by atoms with Crippen LogP contribution in [0.5, 0.6) is 17.2 Å². The van der Waals surface area contributed by atoms with Crippen molar-refractivity contribution in [3.8, 4) is 17.2 Å². The Balaban J connectivity index is 2.12. The van der Waals surface area contributed by atoms with E-state index in [4.69, 9.17) is 14.2 Å². The van der Waals surface area contributed by atoms with Crippen molar-refractivity contribution in [3.05, 3.63) is 17.7 Å². The minimum Gasteiger partial charge on any atom is -0.493 e. The van der Waals surface area contributed by atoms with Gasteiger partial charge in [0.2, 0.25) is 5.75 Å². The molecule has 0 atom stereocenters. The Morgan fingerprint density at radius 1 is 1.17 bits per heavy atom. The maximum absolute atomic E-state index is 9.17. The van der Waals surface area contributed by atoms with Crippen LogP contribution in [0, 0.1) is 5.92 Å². The maximum atomic E-state index is 9.17. The van der Waals surface area contributed by atoms with Crippen LogP contribution in [0.1, 0.15) is 24.8 Å². The van der Waals surface area contributed by atoms with Crippen LogP contribution >= 0.6 is 0 Å². The molecule has 100 valence electrons. The molecule has 1 N–H and O–H groups in total. The van der Waals surface area contributed by atoms with E-state index >= 15 is 0 Å². The summed E-state index contributed by atoms with van der Waals surface area (Å²) in [6.07, 6.45) is 3.72. The molecule has 0 heterocycles. The molecule has 1 fully saturated rings. The number of aliphatic hydroxyl groups excluding tert-OH is 1. The van der Waals surface area contributed by atoms with Gasteiger partial charge >= 0.3 is 0 Å². The molecule has 18 heavy (non-hydrogen) atoms. The quantitative estimate of drug-likeness (QED) is 0.809. The van der Waals surface area contributed by atoms with Crippen LogP contribution in [0.15, 0.2) is 12.1 Å². The minimum absolute atomic E-state index is 0.0466. The fourth-order valence-corrected chi connectivity index (χ4v) is 1.90. The minimum atomic E-state index is -0.0466. The molecule has 0 aliphatic heterocycles. The highest BCUT2D eigenvalue weighted by atomic mass is 16.5. The average Bonchev–Trinajstić information content (AvgIpc) is 3.22. The van der Waals surface area contributed by atoms with Crippen molar-refractivity contribution in [3.63, 3.8) is 0 Å². The van der Waals surface area contributed by atoms with Crippen LogP contribution in [-0.2, 0) is 6.61 Å². The molecule has 0 unspecified atom stereocenters. The second kappa shape index (κ2) is 5.96. The van der Waals surface area contributed by atoms with Crippen LogP contribution in [0.2, 0.25) is 0 Å². The highest BCUT2D eigenvalue weighted by Gasteiger charge is 2.21. The Morgan fingerprint density at radius 3 is 2.22 bits per heavy atom. The summed E-state index contributed by atoms with van der Waals surface area (Å²) in [5, 5.41) is 9.17. The zero-order valence-electron chi connectivity index (χ0n) is 10.9. The number of benzene rings is 1. The van der Waals surface area contributed by atoms with E-state index in [1.54, 1.807) is 26.4 Å². The number of aliphatic hydroxyl groups is 1. The van der Waals surface area contributed by atoms with Crippen molar-refractivity contribution in [1.82, 2.24) is 0 Å². The fourth-order valence-electron chi connectivity index (χ4n) is 1.90. The molecular weight excluding hydrogens is 232 g/mol. The Kier molecular flexibility index (Phi) is 4.31. The van der Waals surface area contributed by atoms with E-state index in [2.05, 4.69) is 0 Å². The van der Waals surface area contributed by atoms with Crippen LogP contribution in [-0.4, -0.2) is 25.9 Å². The lowest BCUT2D eigenvalue weighted by Gasteiger charge is -2.15. The van der Waals surface area contributed by atoms with Gasteiger partial charge in [-0.05, 0) is 30.0 Å². The average molecular weight is 252 g/mol. The maximum Gasteiger partial charge on any atom is 0.203 e. The van der Waals surface area contributed by atoms with Crippen molar-refractivity contribution in [2.24, 2.45) is 5.92 Å². The predicted molar refractivity (Wildman–Crippen MR) is 68.3 cm³/mol. The largest absolute Gasteiger partial charge is 0.493 e. The number of rotatable bonds is 7. The summed E-state index contributed by atoms with van der Waals surface area (Å²) in [5.74, 6) is 2.67. The van der Waals surface area contributed by atoms with E-state index in [0.29, 0.717) is 23.9 Å². The van der Waals surface area contributed by atoms with Crippen LogP contribution in [0.3, 0.4) is 0 Å². The van der Waals surface area contributed by atoms with E-state index in [1.807, 2.05) is 0 Å². The normalized spacial score (nSPS) is 14.4. The molecular formula is C14H20O4. The fraction of sp³-hybridized carbons (Fsp3) is 0.571. The van der Waals surface area contributed by atoms with Gasteiger partial charge in [0.15, 0.2) is 11.5 Å². The number of methoxy groups -OCH3 is 2. The van der Waals surface area contributed by atoms with Gasteiger partial charge in [-0.3, -0.25) is 0 Å². The van der Waals surface area contributed by atoms with Crippen LogP contribution in [0.4, 0.5) is 0 Å². The van der Waals surface area contributed by atoms with Crippen molar-refractivity contribution < 1.29 is 19.3 Å². The molecule has 2 rings (SSSR count). The standard InChI is InChI=1S/C14H20O4/c1-16-12-7-11(9-15)8-13(17-2)14(12)18-6-5-10-3-4-10/h7-8,10,15H,3-6,9H2,1-2H3. The van der Waals surface area contributed by atoms with Gasteiger partial charge in [0.1, 0.15) is 0 Å². The van der Waals surface area contributed by atoms with E-state index in [9.17, 15) is 5.11 Å². The Labute approximate surface area is 107 Å². The second-order valence-electron chi connectivity index (χ2n) is 4.57. The molecule has 4 heteroatoms. The molecule has 0 bridgehead atoms. The number of hydrogen-bond acceptors (Lipinski definition) is 4. The first kappa shape index (κ1) is 13.0. The zero-order valence-corrected chi connectivity index (χ0v) is 10.9. The van der Waals surface area contributed by atoms with Gasteiger partial charge in [-0.1, -0.05) is 12.8 Å². The van der Waals surface area contributed by atoms with Gasteiger partial charge in [0.05, 0.1) is 27.4 Å². The van der Waals surface area contributed by atoms with E-state index in [1.165, 1.54) is 12.8 Å². The molecule has 4 nitrogen and oxygen atoms in total. The third-order valence-corrected chi connectivity index (χ3v) is 3.17. The van der Waals surface area contributed by atoms with Crippen LogP contribution in [0.25, 0.3) is 0 Å². The molecule has 0 amide bonds. The van der Waals surface area contributed by atoms with E-state index in [-0.39, 0.29) is 6.61 Å². The molecule has 0 aromatic heterocycles. The highest BCUT2D eigenvalue weighted by molar-refractivity contribution is 5.53. The SMILES string of the molecule is COc1cc(CO)cc(OC)c1OCCC1CC1. The predicted octanol–water partition coefficient (Wildman–Crippen LogP) is 2.38. The van der Waals surface area contributed by atoms with Crippen LogP contribution < -0.4 is 14.2 Å². The molecule has 1 aliphatic rings. The van der Waals surface area contributed by atoms with Crippen molar-refractivity contribution in [2.75, 3.05) is 20.8 Å². The molecule has 0 spiro atoms. The molecule has 1 aromatic carbocycles. The summed E-state index contributed by atoms with van der Waals surface area (Å²) in [5.41, 5.74) is 0.748. The zero-order chi connectivity index (χ0) is 13.0. The summed E-state index contributed by atoms with van der Waals surface area (Å²) >= 11 is 0. The summed E-state index contributed by atoms with van der Waals surface area (Å²) < 4.78 is 16.3. The van der Waals surface area contributed by atoms with Gasteiger partial charge in [-0.2, -0.15) is 0 Å². The van der Waals surface area contributed by atoms with Gasteiger partial charge < -0.3 is 19.3 Å². The van der Waals surface area contributed by atoms with Gasteiger partial charge in [-0.15, -0.1) is 0 Å². The lowest BCUT2D eigenvalue weighted by molar-refractivity contribution is 0.260. The molecule has 1 aliphatic carbocycles. The highest BCUT2D eigenvalue weighted by Crippen LogP contribution is 2.39. The van der Waals surface area contributed by atoms with Gasteiger partial charge in [0, 0.05) is 0 Å². The third kappa shape index (κ3) is 3.07. The molecule has 1 aromatic rings. The third-order valence-electron chi connectivity index (χ3n) is 3.17. The number of hydrogen-bond donors (Lipinski definition) is 1. The van der Waals surface area contributed by atoms with E-state index < -0.39 is 0 Å². The molecule has 1 saturated carbocycles. The lowest BCUT2D eigenvalue weighted by Crippen LogP contribution is -2.03. The topological polar surface area (TPSA) is 47.9 Å². The first-order valence-electron chi connectivity index (χ1n) is 6.27. The smallest absolute Gasteiger partial charge is 0.203 e. The molecule has 0 saturated heterocycles. The lowest BCUT2D eigenvalue weighted by atomic mass is 10.2. The summed E-state index contributed by atoms with van der Waals surface area (Å²) in [7, 11) is 3.17. The Bertz CT molecular complexity index is 374. The van der Waals surface area contributed by atoms with Gasteiger partial charge in [0.25, 0.3) is 0 Å². The van der Waals surface area contributed by atoms with Crippen molar-refractivity contribution >= 4 is 0 Å². The summed E-state index contributed by atoms with van der Waals surface area (Å²) in [6, 6.07) is 3.55. The summed E-state index contributed by atoms with van der Waals surface area (Å²) in [4.78, 5) is 0. The summed E-state index contributed by atoms with van der Waals surface area (Å²) in [6.45, 7) is 0.630. The first-order valence-corrected chi connectivity index (χ1v) is 6.27. The Morgan fingerprint density at radius 2 is 1.78 bits per heavy atom.